The Morgan fingerprint density at radius 3 is 2.57 bits per heavy atom. The molecule has 0 saturated carbocycles. The van der Waals surface area contributed by atoms with Crippen LogP contribution < -0.4 is 4.74 Å². The standard InChI is InChI=1S/C15H13N3O3/c1-10-7-8-17-13(9-10)16-15(18(19)20)14(17)11-3-5-12(21-2)6-4-11/h3-9H,1-2H3. The van der Waals surface area contributed by atoms with Crippen LogP contribution in [0.4, 0.5) is 5.82 Å². The Morgan fingerprint density at radius 2 is 1.95 bits per heavy atom. The van der Waals surface area contributed by atoms with E-state index in [1.165, 1.54) is 0 Å². The number of hydrogen-bond acceptors (Lipinski definition) is 4. The van der Waals surface area contributed by atoms with E-state index in [0.717, 1.165) is 11.1 Å². The molecule has 0 unspecified atom stereocenters. The Hall–Kier alpha value is -2.89. The lowest BCUT2D eigenvalue weighted by atomic mass is 10.1. The molecule has 0 bridgehead atoms. The molecule has 0 aliphatic heterocycles. The van der Waals surface area contributed by atoms with Crippen LogP contribution in [-0.4, -0.2) is 21.4 Å². The van der Waals surface area contributed by atoms with Gasteiger partial charge in [0.2, 0.25) is 0 Å². The maximum Gasteiger partial charge on any atom is 0.390 e. The summed E-state index contributed by atoms with van der Waals surface area (Å²) in [5, 5.41) is 11.3. The van der Waals surface area contributed by atoms with Crippen molar-refractivity contribution in [2.75, 3.05) is 7.11 Å². The van der Waals surface area contributed by atoms with Gasteiger partial charge in [0.1, 0.15) is 5.75 Å². The summed E-state index contributed by atoms with van der Waals surface area (Å²) in [7, 11) is 1.58. The van der Waals surface area contributed by atoms with Gasteiger partial charge in [-0.1, -0.05) is 0 Å². The molecule has 0 amide bonds. The quantitative estimate of drug-likeness (QED) is 0.546. The Morgan fingerprint density at radius 1 is 1.24 bits per heavy atom. The van der Waals surface area contributed by atoms with Crippen LogP contribution in [0.3, 0.4) is 0 Å². The van der Waals surface area contributed by atoms with Crippen molar-refractivity contribution in [1.29, 1.82) is 0 Å². The van der Waals surface area contributed by atoms with Gasteiger partial charge in [0.15, 0.2) is 5.69 Å². The highest BCUT2D eigenvalue weighted by atomic mass is 16.6. The second-order valence-electron chi connectivity index (χ2n) is 4.70. The minimum absolute atomic E-state index is 0.147. The van der Waals surface area contributed by atoms with E-state index in [1.807, 2.05) is 19.1 Å². The van der Waals surface area contributed by atoms with Crippen LogP contribution in [-0.2, 0) is 0 Å². The number of aryl methyl sites for hydroxylation is 1. The summed E-state index contributed by atoms with van der Waals surface area (Å²) < 4.78 is 6.84. The van der Waals surface area contributed by atoms with E-state index in [4.69, 9.17) is 4.74 Å². The molecule has 3 rings (SSSR count). The summed E-state index contributed by atoms with van der Waals surface area (Å²) in [5.74, 6) is 0.553. The SMILES string of the molecule is COc1ccc(-c2c([N+](=O)[O-])nc3cc(C)ccn23)cc1. The predicted molar refractivity (Wildman–Crippen MR) is 78.6 cm³/mol. The van der Waals surface area contributed by atoms with Crippen molar-refractivity contribution < 1.29 is 9.66 Å². The maximum atomic E-state index is 11.3. The third kappa shape index (κ3) is 2.20. The van der Waals surface area contributed by atoms with Gasteiger partial charge in [-0.25, -0.2) is 0 Å². The molecule has 0 spiro atoms. The summed E-state index contributed by atoms with van der Waals surface area (Å²) in [6, 6.07) is 10.8. The minimum Gasteiger partial charge on any atom is -0.497 e. The first-order valence-electron chi connectivity index (χ1n) is 6.37. The van der Waals surface area contributed by atoms with E-state index in [2.05, 4.69) is 4.98 Å². The largest absolute Gasteiger partial charge is 0.497 e. The third-order valence-corrected chi connectivity index (χ3v) is 3.30. The molecule has 2 heterocycles. The first kappa shape index (κ1) is 13.1. The second kappa shape index (κ2) is 4.90. The number of fused-ring (bicyclic) bond motifs is 1. The fourth-order valence-electron chi connectivity index (χ4n) is 2.28. The van der Waals surface area contributed by atoms with Crippen molar-refractivity contribution in [2.45, 2.75) is 6.92 Å². The molecule has 0 aliphatic carbocycles. The first-order chi connectivity index (χ1) is 10.1. The number of nitrogens with zero attached hydrogens (tertiary/aromatic N) is 3. The molecule has 6 heteroatoms. The number of nitro groups is 1. The number of benzene rings is 1. The molecule has 0 radical (unpaired) electrons. The fraction of sp³-hybridized carbons (Fsp3) is 0.133. The third-order valence-electron chi connectivity index (χ3n) is 3.30. The number of aromatic nitrogens is 2. The zero-order chi connectivity index (χ0) is 15.0. The molecule has 0 N–H and O–H groups in total. The van der Waals surface area contributed by atoms with E-state index in [9.17, 15) is 10.1 Å². The van der Waals surface area contributed by atoms with Gasteiger partial charge in [-0.05, 0) is 52.7 Å². The van der Waals surface area contributed by atoms with Crippen LogP contribution >= 0.6 is 0 Å². The Balaban J connectivity index is 2.27. The van der Waals surface area contributed by atoms with Gasteiger partial charge in [0.25, 0.3) is 5.65 Å². The molecule has 2 aromatic heterocycles. The van der Waals surface area contributed by atoms with Gasteiger partial charge in [-0.15, -0.1) is 0 Å². The van der Waals surface area contributed by atoms with Crippen LogP contribution in [0.1, 0.15) is 5.56 Å². The van der Waals surface area contributed by atoms with E-state index in [0.29, 0.717) is 17.1 Å². The average Bonchev–Trinajstić information content (AvgIpc) is 2.86. The molecule has 1 aromatic carbocycles. The lowest BCUT2D eigenvalue weighted by Crippen LogP contribution is -1.93. The van der Waals surface area contributed by atoms with E-state index < -0.39 is 4.92 Å². The smallest absolute Gasteiger partial charge is 0.390 e. The number of hydrogen-bond donors (Lipinski definition) is 0. The van der Waals surface area contributed by atoms with Gasteiger partial charge >= 0.3 is 5.82 Å². The molecular formula is C15H13N3O3. The lowest BCUT2D eigenvalue weighted by molar-refractivity contribution is -0.388. The maximum absolute atomic E-state index is 11.3. The molecule has 0 saturated heterocycles. The van der Waals surface area contributed by atoms with Gasteiger partial charge in [-0.2, -0.15) is 0 Å². The van der Waals surface area contributed by atoms with Gasteiger partial charge < -0.3 is 14.9 Å². The van der Waals surface area contributed by atoms with Crippen LogP contribution in [0.5, 0.6) is 5.75 Å². The van der Waals surface area contributed by atoms with E-state index in [1.54, 1.807) is 42.0 Å². The first-order valence-corrected chi connectivity index (χ1v) is 6.37. The summed E-state index contributed by atoms with van der Waals surface area (Å²) in [4.78, 5) is 14.9. The number of pyridine rings is 1. The average molecular weight is 283 g/mol. The number of methoxy groups -OCH3 is 1. The fourth-order valence-corrected chi connectivity index (χ4v) is 2.28. The van der Waals surface area contributed by atoms with Crippen LogP contribution in [0, 0.1) is 17.0 Å². The predicted octanol–water partition coefficient (Wildman–Crippen LogP) is 3.23. The van der Waals surface area contributed by atoms with E-state index in [-0.39, 0.29) is 5.82 Å². The van der Waals surface area contributed by atoms with Gasteiger partial charge in [-0.3, -0.25) is 4.40 Å². The summed E-state index contributed by atoms with van der Waals surface area (Å²) in [6.07, 6.45) is 1.80. The van der Waals surface area contributed by atoms with Crippen molar-refractivity contribution in [2.24, 2.45) is 0 Å². The molecule has 0 fully saturated rings. The highest BCUT2D eigenvalue weighted by Gasteiger charge is 2.24. The Bertz CT molecular complexity index is 822. The monoisotopic (exact) mass is 283 g/mol. The molecule has 0 aliphatic rings. The number of ether oxygens (including phenoxy) is 1. The molecule has 0 atom stereocenters. The Labute approximate surface area is 120 Å². The highest BCUT2D eigenvalue weighted by molar-refractivity contribution is 5.73. The van der Waals surface area contributed by atoms with Gasteiger partial charge in [0, 0.05) is 17.8 Å². The number of rotatable bonds is 3. The van der Waals surface area contributed by atoms with Crippen LogP contribution in [0.25, 0.3) is 16.9 Å². The van der Waals surface area contributed by atoms with Crippen molar-refractivity contribution in [3.63, 3.8) is 0 Å². The second-order valence-corrected chi connectivity index (χ2v) is 4.70. The molecule has 3 aromatic rings. The molecule has 21 heavy (non-hydrogen) atoms. The zero-order valence-electron chi connectivity index (χ0n) is 11.6. The zero-order valence-corrected chi connectivity index (χ0v) is 11.6. The number of imidazole rings is 1. The molecular weight excluding hydrogens is 270 g/mol. The summed E-state index contributed by atoms with van der Waals surface area (Å²) in [6.45, 7) is 1.92. The van der Waals surface area contributed by atoms with Crippen molar-refractivity contribution in [3.8, 4) is 17.0 Å². The van der Waals surface area contributed by atoms with Crippen molar-refractivity contribution in [3.05, 3.63) is 58.3 Å². The molecule has 6 nitrogen and oxygen atoms in total. The van der Waals surface area contributed by atoms with Gasteiger partial charge in [0.05, 0.1) is 7.11 Å². The summed E-state index contributed by atoms with van der Waals surface area (Å²) in [5.41, 5.74) is 2.76. The Kier molecular flexibility index (Phi) is 3.06. The minimum atomic E-state index is -0.456. The lowest BCUT2D eigenvalue weighted by Gasteiger charge is -2.03. The van der Waals surface area contributed by atoms with Crippen LogP contribution in [0.2, 0.25) is 0 Å². The summed E-state index contributed by atoms with van der Waals surface area (Å²) >= 11 is 0. The van der Waals surface area contributed by atoms with E-state index >= 15 is 0 Å². The normalized spacial score (nSPS) is 10.8. The van der Waals surface area contributed by atoms with Crippen molar-refractivity contribution in [1.82, 2.24) is 9.38 Å². The molecule has 106 valence electrons. The van der Waals surface area contributed by atoms with Crippen molar-refractivity contribution >= 4 is 11.5 Å². The topological polar surface area (TPSA) is 69.7 Å². The van der Waals surface area contributed by atoms with Crippen LogP contribution in [0.15, 0.2) is 42.6 Å². The highest BCUT2D eigenvalue weighted by Crippen LogP contribution is 2.31.